The highest BCUT2D eigenvalue weighted by Crippen LogP contribution is 2.29. The minimum atomic E-state index is -0.716. The Labute approximate surface area is 122 Å². The van der Waals surface area contributed by atoms with Crippen LogP contribution in [-0.4, -0.2) is 55.6 Å². The number of nitrogens with one attached hydrogen (secondary N) is 1. The molecule has 3 N–H and O–H groups in total. The largest absolute Gasteiger partial charge is 0.394 e. The van der Waals surface area contributed by atoms with Crippen LogP contribution in [0.15, 0.2) is 16.1 Å². The zero-order valence-corrected chi connectivity index (χ0v) is 12.3. The number of imidazole rings is 1. The van der Waals surface area contributed by atoms with Crippen LogP contribution in [0.25, 0.3) is 11.2 Å². The number of aromatic amines is 1. The van der Waals surface area contributed by atoms with E-state index in [-0.39, 0.29) is 6.61 Å². The normalized spacial score (nSPS) is 27.6. The van der Waals surface area contributed by atoms with Crippen LogP contribution in [0.4, 0.5) is 0 Å². The van der Waals surface area contributed by atoms with Gasteiger partial charge < -0.3 is 19.9 Å². The average Bonchev–Trinajstić information content (AvgIpc) is 3.02. The molecule has 3 heterocycles. The van der Waals surface area contributed by atoms with E-state index in [1.807, 2.05) is 0 Å². The van der Waals surface area contributed by atoms with Gasteiger partial charge in [0.25, 0.3) is 0 Å². The Morgan fingerprint density at radius 3 is 3.10 bits per heavy atom. The highest BCUT2D eigenvalue weighted by atomic mass is 79.9. The maximum absolute atomic E-state index is 9.86. The Morgan fingerprint density at radius 1 is 1.65 bits per heavy atom. The van der Waals surface area contributed by atoms with Crippen molar-refractivity contribution in [3.05, 3.63) is 16.5 Å². The van der Waals surface area contributed by atoms with Crippen molar-refractivity contribution in [2.75, 3.05) is 13.7 Å². The van der Waals surface area contributed by atoms with Crippen LogP contribution in [0.1, 0.15) is 12.6 Å². The second kappa shape index (κ2) is 5.24. The summed E-state index contributed by atoms with van der Waals surface area (Å²) in [4.78, 5) is 15.7. The van der Waals surface area contributed by atoms with Gasteiger partial charge in [-0.25, -0.2) is 9.97 Å². The fourth-order valence-electron chi connectivity index (χ4n) is 2.40. The quantitative estimate of drug-likeness (QED) is 0.648. The number of ether oxygens (including phenoxy) is 1. The van der Waals surface area contributed by atoms with Crippen molar-refractivity contribution in [1.82, 2.24) is 19.5 Å². The van der Waals surface area contributed by atoms with Gasteiger partial charge in [-0.3, -0.25) is 9.56 Å². The van der Waals surface area contributed by atoms with E-state index in [9.17, 15) is 10.2 Å². The number of hydrogen-bond donors (Lipinski definition) is 3. The number of fused-ring (bicyclic) bond motifs is 1. The first-order valence-corrected chi connectivity index (χ1v) is 6.93. The number of aliphatic hydroxyl groups is 2. The molecule has 0 aliphatic carbocycles. The van der Waals surface area contributed by atoms with Gasteiger partial charge in [0, 0.05) is 13.5 Å². The van der Waals surface area contributed by atoms with Crippen molar-refractivity contribution >= 4 is 27.1 Å². The molecule has 2 aromatic heterocycles. The zero-order valence-electron chi connectivity index (χ0n) is 10.7. The number of rotatable bonds is 2. The third-order valence-electron chi connectivity index (χ3n) is 3.35. The number of H-pyrrole nitrogens is 1. The van der Waals surface area contributed by atoms with Crippen LogP contribution in [0.3, 0.4) is 0 Å². The Morgan fingerprint density at radius 2 is 2.45 bits per heavy atom. The Hall–Kier alpha value is -1.29. The summed E-state index contributed by atoms with van der Waals surface area (Å²) in [6.07, 6.45) is 0.145. The molecule has 0 saturated carbocycles. The number of nitrogens with zero attached hydrogens (tertiary/aromatic N) is 4. The van der Waals surface area contributed by atoms with E-state index in [2.05, 4.69) is 35.9 Å². The molecule has 108 valence electrons. The first kappa shape index (κ1) is 13.7. The Balaban J connectivity index is 2.14. The highest BCUT2D eigenvalue weighted by Gasteiger charge is 2.35. The van der Waals surface area contributed by atoms with E-state index in [1.54, 1.807) is 17.9 Å². The predicted octanol–water partition coefficient (Wildman–Crippen LogP) is -0.307. The van der Waals surface area contributed by atoms with E-state index in [0.717, 1.165) is 0 Å². The molecule has 1 unspecified atom stereocenters. The molecule has 1 aliphatic rings. The lowest BCUT2D eigenvalue weighted by Crippen LogP contribution is -2.29. The predicted molar refractivity (Wildman–Crippen MR) is 72.7 cm³/mol. The third-order valence-corrected chi connectivity index (χ3v) is 3.91. The summed E-state index contributed by atoms with van der Waals surface area (Å²) < 4.78 is 7.90. The van der Waals surface area contributed by atoms with Crippen LogP contribution in [0.2, 0.25) is 0 Å². The minimum Gasteiger partial charge on any atom is -0.394 e. The molecule has 20 heavy (non-hydrogen) atoms. The van der Waals surface area contributed by atoms with Crippen LogP contribution in [-0.2, 0) is 4.74 Å². The smallest absolute Gasteiger partial charge is 0.183 e. The molecule has 0 spiro atoms. The van der Waals surface area contributed by atoms with Gasteiger partial charge in [-0.1, -0.05) is 0 Å². The summed E-state index contributed by atoms with van der Waals surface area (Å²) in [5, 5.41) is 19.0. The van der Waals surface area contributed by atoms with Crippen molar-refractivity contribution in [1.29, 1.82) is 0 Å². The van der Waals surface area contributed by atoms with Gasteiger partial charge in [-0.2, -0.15) is 0 Å². The summed E-state index contributed by atoms with van der Waals surface area (Å²) in [5.74, 6) is 0. The van der Waals surface area contributed by atoms with Crippen molar-refractivity contribution in [2.24, 2.45) is 4.99 Å². The molecule has 0 bridgehead atoms. The molecule has 2 aromatic rings. The van der Waals surface area contributed by atoms with E-state index >= 15 is 0 Å². The SMILES string of the molecule is CN=c1c2[nH]cnc2nc(Br)n1C1C[C@H](O)[C@@H](CO)O1. The van der Waals surface area contributed by atoms with Gasteiger partial charge in [0.2, 0.25) is 0 Å². The van der Waals surface area contributed by atoms with E-state index in [4.69, 9.17) is 4.74 Å². The fraction of sp³-hybridized carbons (Fsp3) is 0.545. The minimum absolute atomic E-state index is 0.228. The van der Waals surface area contributed by atoms with E-state index < -0.39 is 18.4 Å². The monoisotopic (exact) mass is 343 g/mol. The van der Waals surface area contributed by atoms with Crippen molar-refractivity contribution in [2.45, 2.75) is 24.9 Å². The molecule has 1 fully saturated rings. The van der Waals surface area contributed by atoms with Crippen LogP contribution < -0.4 is 5.49 Å². The maximum atomic E-state index is 9.86. The summed E-state index contributed by atoms with van der Waals surface area (Å²) in [5.41, 5.74) is 1.86. The van der Waals surface area contributed by atoms with Crippen LogP contribution in [0.5, 0.6) is 0 Å². The lowest BCUT2D eigenvalue weighted by atomic mass is 10.2. The first-order chi connectivity index (χ1) is 9.65. The molecule has 3 atom stereocenters. The summed E-state index contributed by atoms with van der Waals surface area (Å²) in [6, 6.07) is 0. The molecular formula is C11H14BrN5O3. The molecule has 0 amide bonds. The van der Waals surface area contributed by atoms with Crippen LogP contribution >= 0.6 is 15.9 Å². The van der Waals surface area contributed by atoms with E-state index in [1.165, 1.54) is 0 Å². The van der Waals surface area contributed by atoms with Crippen molar-refractivity contribution in [3.63, 3.8) is 0 Å². The van der Waals surface area contributed by atoms with Gasteiger partial charge in [0.15, 0.2) is 15.9 Å². The van der Waals surface area contributed by atoms with Crippen molar-refractivity contribution in [3.8, 4) is 0 Å². The van der Waals surface area contributed by atoms with Gasteiger partial charge in [0.1, 0.15) is 17.8 Å². The highest BCUT2D eigenvalue weighted by molar-refractivity contribution is 9.10. The summed E-state index contributed by atoms with van der Waals surface area (Å²) >= 11 is 3.38. The number of halogens is 1. The number of hydrogen-bond acceptors (Lipinski definition) is 6. The van der Waals surface area contributed by atoms with Gasteiger partial charge in [-0.05, 0) is 15.9 Å². The number of aromatic nitrogens is 4. The van der Waals surface area contributed by atoms with E-state index in [0.29, 0.717) is 27.8 Å². The fourth-order valence-corrected chi connectivity index (χ4v) is 2.96. The first-order valence-electron chi connectivity index (χ1n) is 6.14. The Kier molecular flexibility index (Phi) is 3.59. The molecule has 0 aromatic carbocycles. The van der Waals surface area contributed by atoms with Gasteiger partial charge in [-0.15, -0.1) is 0 Å². The topological polar surface area (TPSA) is 109 Å². The number of aliphatic hydroxyl groups excluding tert-OH is 2. The lowest BCUT2D eigenvalue weighted by Gasteiger charge is -2.17. The van der Waals surface area contributed by atoms with Gasteiger partial charge in [0.05, 0.1) is 19.0 Å². The Bertz CT molecular complexity index is 697. The molecule has 0 radical (unpaired) electrons. The second-order valence-electron chi connectivity index (χ2n) is 4.51. The third kappa shape index (κ3) is 2.06. The second-order valence-corrected chi connectivity index (χ2v) is 5.22. The van der Waals surface area contributed by atoms with Gasteiger partial charge >= 0.3 is 0 Å². The molecular weight excluding hydrogens is 330 g/mol. The zero-order chi connectivity index (χ0) is 14.3. The standard InChI is InChI=1S/C11H14BrN5O3/c1-13-10-8-9(15-4-14-8)16-11(12)17(10)7-2-5(19)6(3-18)20-7/h4-7,18-19H,2-3H2,1H3,(H,14,15)/t5-,6+,7?/m0/s1. The molecule has 1 aliphatic heterocycles. The molecule has 3 rings (SSSR count). The van der Waals surface area contributed by atoms with Crippen LogP contribution in [0, 0.1) is 0 Å². The molecule has 9 heteroatoms. The molecule has 8 nitrogen and oxygen atoms in total. The average molecular weight is 344 g/mol. The lowest BCUT2D eigenvalue weighted by molar-refractivity contribution is -0.0466. The van der Waals surface area contributed by atoms with Crippen molar-refractivity contribution < 1.29 is 14.9 Å². The maximum Gasteiger partial charge on any atom is 0.183 e. The summed E-state index contributed by atoms with van der Waals surface area (Å²) in [6.45, 7) is -0.228. The summed E-state index contributed by atoms with van der Waals surface area (Å²) in [7, 11) is 1.66. The molecule has 1 saturated heterocycles.